The molecule has 2 heterocycles. The van der Waals surface area contributed by atoms with E-state index in [2.05, 4.69) is 20.8 Å². The molecule has 0 aromatic rings. The van der Waals surface area contributed by atoms with Gasteiger partial charge in [0.2, 0.25) is 0 Å². The van der Waals surface area contributed by atoms with Crippen LogP contribution in [0.4, 0.5) is 0 Å². The van der Waals surface area contributed by atoms with Gasteiger partial charge in [-0.2, -0.15) is 0 Å². The first-order valence-electron chi connectivity index (χ1n) is 38.8. The number of hydrogen-bond acceptors (Lipinski definition) is 23. The molecule has 3 rings (SSSR count). The molecule has 0 aromatic heterocycles. The van der Waals surface area contributed by atoms with Crippen molar-refractivity contribution in [2.24, 2.45) is 0 Å². The Kier molecular flexibility index (Phi) is 51.0. The molecule has 0 radical (unpaired) electrons. The minimum absolute atomic E-state index is 0.0333. The molecule has 11 N–H and O–H groups in total. The topological polar surface area (TPSA) is 374 Å². The fourth-order valence-corrected chi connectivity index (χ4v) is 14.0. The van der Waals surface area contributed by atoms with Gasteiger partial charge in [0.05, 0.1) is 13.2 Å². The van der Waals surface area contributed by atoms with Crippen molar-refractivity contribution in [2.75, 3.05) is 26.4 Å². The minimum Gasteiger partial charge on any atom is -0.463 e. The van der Waals surface area contributed by atoms with E-state index in [9.17, 15) is 74.9 Å². The minimum atomic E-state index is -5.69. The van der Waals surface area contributed by atoms with E-state index < -0.39 is 156 Å². The molecule has 578 valence electrons. The van der Waals surface area contributed by atoms with E-state index in [1.165, 1.54) is 167 Å². The van der Waals surface area contributed by atoms with E-state index in [1.54, 1.807) is 0 Å². The van der Waals surface area contributed by atoms with Gasteiger partial charge in [0.25, 0.3) is 0 Å². The molecule has 2 saturated heterocycles. The van der Waals surface area contributed by atoms with Gasteiger partial charge in [0.15, 0.2) is 18.7 Å². The van der Waals surface area contributed by atoms with Gasteiger partial charge in [0.1, 0.15) is 98.7 Å². The first-order valence-corrected chi connectivity index (χ1v) is 40.3. The molecule has 18 unspecified atom stereocenters. The normalized spacial score (nSPS) is 27.6. The quantitative estimate of drug-likeness (QED) is 0.0117. The number of carbonyl (C=O) groups excluding carboxylic acids is 3. The molecule has 0 amide bonds. The Hall–Kier alpha value is -2.04. The Morgan fingerprint density at radius 2 is 0.653 bits per heavy atom. The van der Waals surface area contributed by atoms with Crippen LogP contribution in [0.5, 0.6) is 0 Å². The number of aliphatic hydroxyl groups is 10. The van der Waals surface area contributed by atoms with Gasteiger partial charge in [-0.25, -0.2) is 4.57 Å². The van der Waals surface area contributed by atoms with E-state index in [-0.39, 0.29) is 19.3 Å². The Labute approximate surface area is 587 Å². The molecule has 18 atom stereocenters. The highest BCUT2D eigenvalue weighted by Gasteiger charge is 2.58. The third-order valence-corrected chi connectivity index (χ3v) is 20.4. The summed E-state index contributed by atoms with van der Waals surface area (Å²) in [5.74, 6) is -1.97. The zero-order valence-electron chi connectivity index (χ0n) is 60.3. The molecule has 1 aliphatic carbocycles. The number of unbranched alkanes of at least 4 members (excludes halogenated alkanes) is 40. The van der Waals surface area contributed by atoms with Crippen molar-refractivity contribution in [2.45, 2.75) is 420 Å². The smallest absolute Gasteiger partial charge is 0.463 e. The van der Waals surface area contributed by atoms with E-state index in [0.29, 0.717) is 19.3 Å². The number of rotatable bonds is 61. The van der Waals surface area contributed by atoms with Crippen LogP contribution < -0.4 is 0 Å². The van der Waals surface area contributed by atoms with Crippen molar-refractivity contribution in [1.82, 2.24) is 0 Å². The van der Waals surface area contributed by atoms with Gasteiger partial charge in [-0.3, -0.25) is 23.4 Å². The second kappa shape index (κ2) is 55.4. The highest BCUT2D eigenvalue weighted by Crippen LogP contribution is 2.49. The lowest BCUT2D eigenvalue weighted by molar-refractivity contribution is -0.360. The van der Waals surface area contributed by atoms with Gasteiger partial charge in [-0.15, -0.1) is 0 Å². The fraction of sp³-hybridized carbons (Fsp3) is 0.959. The highest BCUT2D eigenvalue weighted by molar-refractivity contribution is 7.47. The molecule has 3 fully saturated rings. The van der Waals surface area contributed by atoms with Crippen molar-refractivity contribution >= 4 is 25.7 Å². The summed E-state index contributed by atoms with van der Waals surface area (Å²) in [6, 6.07) is 0. The maximum absolute atomic E-state index is 14.3. The van der Waals surface area contributed by atoms with Crippen LogP contribution in [-0.2, 0) is 61.2 Å². The fourth-order valence-electron chi connectivity index (χ4n) is 13.1. The molecule has 3 aliphatic rings. The number of ether oxygens (including phenoxy) is 7. The molecule has 0 spiro atoms. The predicted octanol–water partition coefficient (Wildman–Crippen LogP) is 11.0. The summed E-state index contributed by atoms with van der Waals surface area (Å²) in [4.78, 5) is 51.0. The van der Waals surface area contributed by atoms with Crippen LogP contribution in [0.2, 0.25) is 0 Å². The number of phosphoric acid groups is 1. The van der Waals surface area contributed by atoms with Crippen LogP contribution in [-0.4, -0.2) is 204 Å². The highest BCUT2D eigenvalue weighted by atomic mass is 31.2. The molecular weight excluding hydrogens is 1290 g/mol. The third kappa shape index (κ3) is 38.1. The van der Waals surface area contributed by atoms with Gasteiger partial charge >= 0.3 is 25.7 Å². The first kappa shape index (κ1) is 90.2. The van der Waals surface area contributed by atoms with Gasteiger partial charge in [-0.1, -0.05) is 278 Å². The Balaban J connectivity index is 1.72. The summed E-state index contributed by atoms with van der Waals surface area (Å²) < 4.78 is 65.1. The lowest BCUT2D eigenvalue weighted by Crippen LogP contribution is -2.69. The number of phosphoric ester groups is 1. The number of hydrogen-bond donors (Lipinski definition) is 11. The monoisotopic (exact) mass is 1430 g/mol. The Morgan fingerprint density at radius 1 is 0.357 bits per heavy atom. The number of carbonyl (C=O) groups is 3. The zero-order chi connectivity index (χ0) is 71.8. The molecule has 0 bridgehead atoms. The van der Waals surface area contributed by atoms with Gasteiger partial charge in [-0.05, 0) is 19.3 Å². The number of esters is 3. The van der Waals surface area contributed by atoms with E-state index >= 15 is 0 Å². The SMILES string of the molecule is CCCCCCCCCCCCCCCCCC(=O)OCC(COP(=O)(O)OC1C(OC2OC(CO)C(O)C(O)C2O)C(O)C(O)C(O)C1OC1OC(COC(=O)CCCCCCCCCCCCCCCCC)C(O)C(O)C1O)OC(=O)CCCCCCCCCCCCCCC. The molecule has 1 saturated carbocycles. The average molecular weight is 1430 g/mol. The van der Waals surface area contributed by atoms with Crippen LogP contribution >= 0.6 is 7.82 Å². The molecule has 98 heavy (non-hydrogen) atoms. The van der Waals surface area contributed by atoms with Crippen molar-refractivity contribution in [3.63, 3.8) is 0 Å². The van der Waals surface area contributed by atoms with Crippen LogP contribution in [0.15, 0.2) is 0 Å². The van der Waals surface area contributed by atoms with Crippen LogP contribution in [0.3, 0.4) is 0 Å². The second-order valence-electron chi connectivity index (χ2n) is 28.1. The summed E-state index contributed by atoms with van der Waals surface area (Å²) in [5, 5.41) is 110. The molecular formula is C73H137O24P. The largest absolute Gasteiger partial charge is 0.472 e. The zero-order valence-corrected chi connectivity index (χ0v) is 61.2. The lowest BCUT2D eigenvalue weighted by Gasteiger charge is -2.49. The Morgan fingerprint density at radius 3 is 1.00 bits per heavy atom. The average Bonchev–Trinajstić information content (AvgIpc) is 0.763. The van der Waals surface area contributed by atoms with E-state index in [0.717, 1.165) is 89.9 Å². The first-order chi connectivity index (χ1) is 47.3. The predicted molar refractivity (Wildman–Crippen MR) is 370 cm³/mol. The standard InChI is InChI=1S/C73H137O24P/c1-4-7-10-13-16-19-22-25-27-30-32-35-38-41-44-47-57(75)89-51-54(92-59(77)49-46-43-40-37-34-29-24-21-18-15-12-9-6-3)52-91-98(87,88)97-71-69(95-72-67(85)62(80)60(78)55(50-74)93-72)65(83)64(82)66(84)70(71)96-73-68(86)63(81)61(79)56(94-73)53-90-58(76)48-45-42-39-36-33-31-28-26-23-20-17-14-11-8-5-2/h54-56,60-74,78-86H,4-53H2,1-3H3,(H,87,88). The van der Waals surface area contributed by atoms with E-state index in [1.807, 2.05) is 0 Å². The summed E-state index contributed by atoms with van der Waals surface area (Å²) in [5.41, 5.74) is 0. The summed E-state index contributed by atoms with van der Waals surface area (Å²) in [7, 11) is -5.69. The van der Waals surface area contributed by atoms with Crippen molar-refractivity contribution in [1.29, 1.82) is 0 Å². The Bertz CT molecular complexity index is 2030. The molecule has 2 aliphatic heterocycles. The van der Waals surface area contributed by atoms with Crippen LogP contribution in [0.25, 0.3) is 0 Å². The molecule has 25 heteroatoms. The lowest BCUT2D eigenvalue weighted by atomic mass is 9.84. The van der Waals surface area contributed by atoms with Crippen molar-refractivity contribution in [3.8, 4) is 0 Å². The maximum Gasteiger partial charge on any atom is 0.472 e. The van der Waals surface area contributed by atoms with Gasteiger partial charge in [0, 0.05) is 19.3 Å². The third-order valence-electron chi connectivity index (χ3n) is 19.4. The second-order valence-corrected chi connectivity index (χ2v) is 29.5. The van der Waals surface area contributed by atoms with Crippen molar-refractivity contribution < 1.29 is 117 Å². The molecule has 24 nitrogen and oxygen atoms in total. The summed E-state index contributed by atoms with van der Waals surface area (Å²) in [6.07, 6.45) is 13.0. The number of aliphatic hydroxyl groups excluding tert-OH is 10. The van der Waals surface area contributed by atoms with Crippen LogP contribution in [0, 0.1) is 0 Å². The maximum atomic E-state index is 14.3. The summed E-state index contributed by atoms with van der Waals surface area (Å²) in [6.45, 7) is 3.48. The van der Waals surface area contributed by atoms with E-state index in [4.69, 9.17) is 42.2 Å². The van der Waals surface area contributed by atoms with Gasteiger partial charge < -0.3 is 89.1 Å². The van der Waals surface area contributed by atoms with Crippen LogP contribution in [0.1, 0.15) is 316 Å². The van der Waals surface area contributed by atoms with Crippen molar-refractivity contribution in [3.05, 3.63) is 0 Å². The summed E-state index contributed by atoms with van der Waals surface area (Å²) >= 11 is 0. The molecule has 0 aromatic carbocycles.